The topological polar surface area (TPSA) is 29.5 Å². The van der Waals surface area contributed by atoms with Gasteiger partial charge in [-0.1, -0.05) is 41.4 Å². The Kier molecular flexibility index (Phi) is 4.81. The molecule has 1 aliphatic rings. The zero-order chi connectivity index (χ0) is 15.6. The van der Waals surface area contributed by atoms with Crippen LogP contribution in [0.4, 0.5) is 13.2 Å². The van der Waals surface area contributed by atoms with Gasteiger partial charge in [0.15, 0.2) is 0 Å². The Labute approximate surface area is 128 Å². The fraction of sp³-hybridized carbons (Fsp3) is 0.308. The zero-order valence-electron chi connectivity index (χ0n) is 10.6. The molecule has 1 heterocycles. The highest BCUT2D eigenvalue weighted by molar-refractivity contribution is 6.43. The number of hydroxylamine groups is 2. The third-order valence-electron chi connectivity index (χ3n) is 2.91. The van der Waals surface area contributed by atoms with E-state index in [2.05, 4.69) is 4.84 Å². The fourth-order valence-corrected chi connectivity index (χ4v) is 2.32. The molecule has 2 rings (SSSR count). The van der Waals surface area contributed by atoms with Gasteiger partial charge in [-0.3, -0.25) is 0 Å². The summed E-state index contributed by atoms with van der Waals surface area (Å²) in [5, 5.41) is 1.75. The number of carbonyl (C=O) groups excluding carboxylic acids is 1. The van der Waals surface area contributed by atoms with Crippen LogP contribution in [0, 0.1) is 0 Å². The molecule has 1 aromatic rings. The zero-order valence-corrected chi connectivity index (χ0v) is 12.1. The van der Waals surface area contributed by atoms with Gasteiger partial charge in [-0.15, -0.1) is 5.06 Å². The second-order valence-electron chi connectivity index (χ2n) is 4.35. The molecule has 0 atom stereocenters. The summed E-state index contributed by atoms with van der Waals surface area (Å²) < 4.78 is 36.3. The van der Waals surface area contributed by atoms with Crippen LogP contribution in [0.5, 0.6) is 0 Å². The van der Waals surface area contributed by atoms with E-state index in [0.29, 0.717) is 16.5 Å². The lowest BCUT2D eigenvalue weighted by atomic mass is 10.0. The lowest BCUT2D eigenvalue weighted by Gasteiger charge is -2.25. The molecule has 0 fully saturated rings. The van der Waals surface area contributed by atoms with E-state index in [9.17, 15) is 18.0 Å². The highest BCUT2D eigenvalue weighted by atomic mass is 35.5. The number of hydrogen-bond acceptors (Lipinski definition) is 3. The predicted molar refractivity (Wildman–Crippen MR) is 72.8 cm³/mol. The summed E-state index contributed by atoms with van der Waals surface area (Å²) in [4.78, 5) is 15.0. The standard InChI is InChI=1S/C13H10Cl2F3NO2/c14-10-3-1-2-9(11(10)15)8-4-6-19(7-5-8)21-12(20)13(16,17)18/h1-4H,5-7H2. The van der Waals surface area contributed by atoms with Gasteiger partial charge in [-0.2, -0.15) is 13.2 Å². The number of benzene rings is 1. The molecule has 0 aromatic heterocycles. The lowest BCUT2D eigenvalue weighted by molar-refractivity contribution is -0.237. The first-order chi connectivity index (χ1) is 9.79. The van der Waals surface area contributed by atoms with Crippen LogP contribution in [0.3, 0.4) is 0 Å². The quantitative estimate of drug-likeness (QED) is 0.812. The molecule has 114 valence electrons. The molecule has 1 aromatic carbocycles. The third kappa shape index (κ3) is 3.90. The molecule has 8 heteroatoms. The molecule has 0 bridgehead atoms. The molecule has 0 saturated heterocycles. The number of nitrogens with zero attached hydrogens (tertiary/aromatic N) is 1. The Hall–Kier alpha value is -1.24. The average Bonchev–Trinajstić information content (AvgIpc) is 2.42. The van der Waals surface area contributed by atoms with Gasteiger partial charge in [-0.25, -0.2) is 4.79 Å². The van der Waals surface area contributed by atoms with Crippen molar-refractivity contribution in [2.24, 2.45) is 0 Å². The summed E-state index contributed by atoms with van der Waals surface area (Å²) in [6.07, 6.45) is -2.95. The normalized spacial score (nSPS) is 16.5. The van der Waals surface area contributed by atoms with Gasteiger partial charge in [-0.05, 0) is 23.6 Å². The molecule has 0 saturated carbocycles. The van der Waals surface area contributed by atoms with Crippen LogP contribution in [0.1, 0.15) is 12.0 Å². The van der Waals surface area contributed by atoms with E-state index in [4.69, 9.17) is 23.2 Å². The molecule has 3 nitrogen and oxygen atoms in total. The second kappa shape index (κ2) is 6.25. The molecule has 0 spiro atoms. The maximum Gasteiger partial charge on any atom is 0.492 e. The number of alkyl halides is 3. The van der Waals surface area contributed by atoms with Crippen molar-refractivity contribution in [1.29, 1.82) is 0 Å². The number of hydrogen-bond donors (Lipinski definition) is 0. The Bertz CT molecular complexity index is 587. The first-order valence-electron chi connectivity index (χ1n) is 5.96. The van der Waals surface area contributed by atoms with Crippen LogP contribution in [0.2, 0.25) is 10.0 Å². The molecule has 0 N–H and O–H groups in total. The van der Waals surface area contributed by atoms with Crippen molar-refractivity contribution in [3.8, 4) is 0 Å². The summed E-state index contributed by atoms with van der Waals surface area (Å²) in [5.74, 6) is -2.22. The molecule has 0 aliphatic carbocycles. The van der Waals surface area contributed by atoms with Crippen LogP contribution in [-0.4, -0.2) is 30.3 Å². The van der Waals surface area contributed by atoms with Crippen molar-refractivity contribution in [2.45, 2.75) is 12.6 Å². The van der Waals surface area contributed by atoms with E-state index in [-0.39, 0.29) is 13.1 Å². The molecule has 0 unspecified atom stereocenters. The molecule has 1 aliphatic heterocycles. The Morgan fingerprint density at radius 3 is 2.57 bits per heavy atom. The van der Waals surface area contributed by atoms with E-state index in [1.165, 1.54) is 0 Å². The maximum atomic E-state index is 12.1. The average molecular weight is 340 g/mol. The summed E-state index contributed by atoms with van der Waals surface area (Å²) in [7, 11) is 0. The summed E-state index contributed by atoms with van der Waals surface area (Å²) >= 11 is 12.0. The maximum absolute atomic E-state index is 12.1. The third-order valence-corrected chi connectivity index (χ3v) is 3.73. The van der Waals surface area contributed by atoms with E-state index >= 15 is 0 Å². The van der Waals surface area contributed by atoms with Crippen LogP contribution >= 0.6 is 23.2 Å². The van der Waals surface area contributed by atoms with E-state index in [0.717, 1.165) is 16.2 Å². The Morgan fingerprint density at radius 1 is 1.29 bits per heavy atom. The SMILES string of the molecule is O=C(ON1CC=C(c2cccc(Cl)c2Cl)CC1)C(F)(F)F. The van der Waals surface area contributed by atoms with Crippen LogP contribution in [0.15, 0.2) is 24.3 Å². The molecule has 0 amide bonds. The number of carbonyl (C=O) groups is 1. The minimum atomic E-state index is -5.00. The largest absolute Gasteiger partial charge is 0.492 e. The van der Waals surface area contributed by atoms with Crippen LogP contribution in [0.25, 0.3) is 5.57 Å². The number of rotatable bonds is 2. The van der Waals surface area contributed by atoms with Gasteiger partial charge < -0.3 is 4.84 Å². The smallest absolute Gasteiger partial charge is 0.360 e. The summed E-state index contributed by atoms with van der Waals surface area (Å²) in [6, 6.07) is 5.16. The predicted octanol–water partition coefficient (Wildman–Crippen LogP) is 4.10. The van der Waals surface area contributed by atoms with E-state index < -0.39 is 12.1 Å². The van der Waals surface area contributed by atoms with Crippen LogP contribution in [-0.2, 0) is 9.63 Å². The molecule has 0 radical (unpaired) electrons. The monoisotopic (exact) mass is 339 g/mol. The first-order valence-corrected chi connectivity index (χ1v) is 6.72. The van der Waals surface area contributed by atoms with Gasteiger partial charge in [0.1, 0.15) is 0 Å². The second-order valence-corrected chi connectivity index (χ2v) is 5.13. The van der Waals surface area contributed by atoms with Crippen LogP contribution < -0.4 is 0 Å². The molecular weight excluding hydrogens is 330 g/mol. The minimum absolute atomic E-state index is 0.0556. The van der Waals surface area contributed by atoms with Crippen molar-refractivity contribution in [2.75, 3.05) is 13.1 Å². The summed E-state index contributed by atoms with van der Waals surface area (Å²) in [6.45, 7) is 0.205. The van der Waals surface area contributed by atoms with Gasteiger partial charge >= 0.3 is 12.1 Å². The van der Waals surface area contributed by atoms with Crippen molar-refractivity contribution < 1.29 is 22.8 Å². The van der Waals surface area contributed by atoms with Gasteiger partial charge in [0.05, 0.1) is 16.6 Å². The van der Waals surface area contributed by atoms with Crippen molar-refractivity contribution in [3.05, 3.63) is 39.9 Å². The number of halogens is 5. The Morgan fingerprint density at radius 2 is 2.00 bits per heavy atom. The fourth-order valence-electron chi connectivity index (χ4n) is 1.90. The summed E-state index contributed by atoms with van der Waals surface area (Å²) in [5.41, 5.74) is 1.58. The van der Waals surface area contributed by atoms with Crippen molar-refractivity contribution in [3.63, 3.8) is 0 Å². The van der Waals surface area contributed by atoms with E-state index in [1.807, 2.05) is 0 Å². The molecular formula is C13H10Cl2F3NO2. The van der Waals surface area contributed by atoms with Crippen molar-refractivity contribution in [1.82, 2.24) is 5.06 Å². The van der Waals surface area contributed by atoms with Gasteiger partial charge in [0, 0.05) is 6.54 Å². The van der Waals surface area contributed by atoms with Gasteiger partial charge in [0.2, 0.25) is 0 Å². The van der Waals surface area contributed by atoms with Gasteiger partial charge in [0.25, 0.3) is 0 Å². The highest BCUT2D eigenvalue weighted by Crippen LogP contribution is 2.33. The Balaban J connectivity index is 2.06. The first kappa shape index (κ1) is 16.1. The molecule has 21 heavy (non-hydrogen) atoms. The highest BCUT2D eigenvalue weighted by Gasteiger charge is 2.42. The van der Waals surface area contributed by atoms with Crippen molar-refractivity contribution >= 4 is 34.7 Å². The minimum Gasteiger partial charge on any atom is -0.360 e. The van der Waals surface area contributed by atoms with E-state index in [1.54, 1.807) is 24.3 Å². The lowest BCUT2D eigenvalue weighted by Crippen LogP contribution is -2.37.